The van der Waals surface area contributed by atoms with Crippen LogP contribution in [0, 0.1) is 5.41 Å². The van der Waals surface area contributed by atoms with E-state index in [1.165, 1.54) is 6.21 Å². The SMILES string of the molecule is C=C(C=N)/C=C\C=N/N. The molecule has 0 rings (SSSR count). The number of hydrazone groups is 1. The Kier molecular flexibility index (Phi) is 4.04. The summed E-state index contributed by atoms with van der Waals surface area (Å²) >= 11 is 0. The molecule has 0 saturated carbocycles. The van der Waals surface area contributed by atoms with Crippen molar-refractivity contribution < 1.29 is 0 Å². The molecule has 0 aromatic rings. The predicted octanol–water partition coefficient (Wildman–Crippen LogP) is 0.693. The van der Waals surface area contributed by atoms with E-state index in [0.29, 0.717) is 5.57 Å². The van der Waals surface area contributed by atoms with E-state index in [0.717, 1.165) is 6.21 Å². The maximum Gasteiger partial charge on any atom is 0.0465 e. The van der Waals surface area contributed by atoms with E-state index in [1.807, 2.05) is 0 Å². The Morgan fingerprint density at radius 3 is 2.78 bits per heavy atom. The second kappa shape index (κ2) is 4.77. The van der Waals surface area contributed by atoms with Gasteiger partial charge in [-0.05, 0) is 11.6 Å². The normalized spacial score (nSPS) is 10.7. The summed E-state index contributed by atoms with van der Waals surface area (Å²) in [5.74, 6) is 4.79. The van der Waals surface area contributed by atoms with Gasteiger partial charge in [0.15, 0.2) is 0 Å². The Bertz CT molecular complexity index is 156. The summed E-state index contributed by atoms with van der Waals surface area (Å²) in [5.41, 5.74) is 0.620. The number of allylic oxidation sites excluding steroid dienone is 3. The van der Waals surface area contributed by atoms with Crippen molar-refractivity contribution in [3.8, 4) is 0 Å². The van der Waals surface area contributed by atoms with Crippen LogP contribution in [0.25, 0.3) is 0 Å². The predicted molar refractivity (Wildman–Crippen MR) is 39.7 cm³/mol. The third kappa shape index (κ3) is 4.47. The van der Waals surface area contributed by atoms with Crippen LogP contribution >= 0.6 is 0 Å². The molecular formula is C6H9N3. The molecule has 0 aliphatic rings. The summed E-state index contributed by atoms with van der Waals surface area (Å²) in [5, 5.41) is 9.91. The Morgan fingerprint density at radius 2 is 2.33 bits per heavy atom. The van der Waals surface area contributed by atoms with Crippen LogP contribution in [0.2, 0.25) is 0 Å². The van der Waals surface area contributed by atoms with Crippen LogP contribution in [-0.2, 0) is 0 Å². The van der Waals surface area contributed by atoms with Crippen LogP contribution in [0.1, 0.15) is 0 Å². The largest absolute Gasteiger partial charge is 0.323 e. The van der Waals surface area contributed by atoms with Crippen molar-refractivity contribution in [1.29, 1.82) is 5.41 Å². The fourth-order valence-corrected chi connectivity index (χ4v) is 0.264. The third-order valence-electron chi connectivity index (χ3n) is 0.668. The lowest BCUT2D eigenvalue weighted by Crippen LogP contribution is -1.79. The molecular weight excluding hydrogens is 114 g/mol. The van der Waals surface area contributed by atoms with Gasteiger partial charge in [0.1, 0.15) is 0 Å². The minimum Gasteiger partial charge on any atom is -0.323 e. The molecule has 0 unspecified atom stereocenters. The minimum atomic E-state index is 0.620. The molecule has 0 radical (unpaired) electrons. The quantitative estimate of drug-likeness (QED) is 0.246. The van der Waals surface area contributed by atoms with Crippen molar-refractivity contribution in [3.05, 3.63) is 24.3 Å². The van der Waals surface area contributed by atoms with Crippen molar-refractivity contribution in [2.45, 2.75) is 0 Å². The lowest BCUT2D eigenvalue weighted by atomic mass is 10.3. The van der Waals surface area contributed by atoms with Gasteiger partial charge in [0.2, 0.25) is 0 Å². The molecule has 0 bridgehead atoms. The maximum absolute atomic E-state index is 6.69. The number of rotatable bonds is 3. The highest BCUT2D eigenvalue weighted by Crippen LogP contribution is 1.83. The van der Waals surface area contributed by atoms with Gasteiger partial charge in [-0.25, -0.2) is 0 Å². The molecule has 48 valence electrons. The molecule has 3 heteroatoms. The van der Waals surface area contributed by atoms with E-state index in [2.05, 4.69) is 11.7 Å². The van der Waals surface area contributed by atoms with Crippen LogP contribution < -0.4 is 5.84 Å². The van der Waals surface area contributed by atoms with Crippen molar-refractivity contribution in [2.75, 3.05) is 0 Å². The van der Waals surface area contributed by atoms with Gasteiger partial charge in [0, 0.05) is 12.4 Å². The molecule has 3 N–H and O–H groups in total. The van der Waals surface area contributed by atoms with E-state index < -0.39 is 0 Å². The number of nitrogens with one attached hydrogen (secondary N) is 1. The molecule has 0 aliphatic heterocycles. The summed E-state index contributed by atoms with van der Waals surface area (Å²) < 4.78 is 0. The number of nitrogens with zero attached hydrogens (tertiary/aromatic N) is 1. The average Bonchev–Trinajstić information content (AvgIpc) is 1.89. The summed E-state index contributed by atoms with van der Waals surface area (Å²) in [4.78, 5) is 0. The topological polar surface area (TPSA) is 62.2 Å². The third-order valence-corrected chi connectivity index (χ3v) is 0.668. The molecule has 0 aliphatic carbocycles. The first-order valence-electron chi connectivity index (χ1n) is 2.40. The van der Waals surface area contributed by atoms with E-state index in [1.54, 1.807) is 12.2 Å². The van der Waals surface area contributed by atoms with Crippen LogP contribution in [0.3, 0.4) is 0 Å². The highest BCUT2D eigenvalue weighted by Gasteiger charge is 1.73. The fourth-order valence-electron chi connectivity index (χ4n) is 0.264. The molecule has 9 heavy (non-hydrogen) atoms. The van der Waals surface area contributed by atoms with Gasteiger partial charge in [0.25, 0.3) is 0 Å². The number of hydrogen-bond acceptors (Lipinski definition) is 3. The molecule has 0 spiro atoms. The number of nitrogens with two attached hydrogens (primary N) is 1. The van der Waals surface area contributed by atoms with Gasteiger partial charge in [-0.2, -0.15) is 5.10 Å². The Hall–Kier alpha value is -1.38. The van der Waals surface area contributed by atoms with Crippen LogP contribution in [0.5, 0.6) is 0 Å². The van der Waals surface area contributed by atoms with Gasteiger partial charge in [0.05, 0.1) is 0 Å². The molecule has 0 saturated heterocycles. The Morgan fingerprint density at radius 1 is 1.67 bits per heavy atom. The first kappa shape index (κ1) is 7.62. The first-order valence-corrected chi connectivity index (χ1v) is 2.40. The summed E-state index contributed by atoms with van der Waals surface area (Å²) in [6, 6.07) is 0. The highest BCUT2D eigenvalue weighted by atomic mass is 15.1. The second-order valence-electron chi connectivity index (χ2n) is 1.38. The lowest BCUT2D eigenvalue weighted by molar-refractivity contribution is 1.27. The average molecular weight is 123 g/mol. The van der Waals surface area contributed by atoms with E-state index in [4.69, 9.17) is 11.3 Å². The van der Waals surface area contributed by atoms with Gasteiger partial charge in [-0.1, -0.05) is 12.7 Å². The summed E-state index contributed by atoms with van der Waals surface area (Å²) in [6.45, 7) is 3.51. The van der Waals surface area contributed by atoms with E-state index in [-0.39, 0.29) is 0 Å². The summed E-state index contributed by atoms with van der Waals surface area (Å²) in [6.07, 6.45) is 5.84. The van der Waals surface area contributed by atoms with Crippen LogP contribution in [0.4, 0.5) is 0 Å². The molecule has 0 aromatic heterocycles. The van der Waals surface area contributed by atoms with Crippen molar-refractivity contribution >= 4 is 12.4 Å². The Balaban J connectivity index is 3.70. The van der Waals surface area contributed by atoms with Crippen LogP contribution in [0.15, 0.2) is 29.4 Å². The molecule has 0 heterocycles. The van der Waals surface area contributed by atoms with Gasteiger partial charge in [-0.3, -0.25) is 0 Å². The van der Waals surface area contributed by atoms with Gasteiger partial charge in [-0.15, -0.1) is 0 Å². The minimum absolute atomic E-state index is 0.620. The van der Waals surface area contributed by atoms with Crippen molar-refractivity contribution in [1.82, 2.24) is 0 Å². The lowest BCUT2D eigenvalue weighted by Gasteiger charge is -1.79. The fraction of sp³-hybridized carbons (Fsp3) is 0. The number of hydrogen-bond donors (Lipinski definition) is 2. The molecule has 0 atom stereocenters. The maximum atomic E-state index is 6.69. The molecule has 3 nitrogen and oxygen atoms in total. The van der Waals surface area contributed by atoms with E-state index in [9.17, 15) is 0 Å². The molecule has 0 aromatic carbocycles. The van der Waals surface area contributed by atoms with Gasteiger partial charge >= 0.3 is 0 Å². The first-order chi connectivity index (χ1) is 4.31. The summed E-state index contributed by atoms with van der Waals surface area (Å²) in [7, 11) is 0. The highest BCUT2D eigenvalue weighted by molar-refractivity contribution is 5.82. The van der Waals surface area contributed by atoms with E-state index >= 15 is 0 Å². The van der Waals surface area contributed by atoms with Crippen molar-refractivity contribution in [3.63, 3.8) is 0 Å². The van der Waals surface area contributed by atoms with Gasteiger partial charge < -0.3 is 11.3 Å². The smallest absolute Gasteiger partial charge is 0.0465 e. The van der Waals surface area contributed by atoms with Crippen LogP contribution in [-0.4, -0.2) is 12.4 Å². The Labute approximate surface area is 54.1 Å². The molecule has 0 amide bonds. The monoisotopic (exact) mass is 123 g/mol. The second-order valence-corrected chi connectivity index (χ2v) is 1.38. The zero-order chi connectivity index (χ0) is 7.11. The zero-order valence-electron chi connectivity index (χ0n) is 5.04. The van der Waals surface area contributed by atoms with Crippen molar-refractivity contribution in [2.24, 2.45) is 10.9 Å². The zero-order valence-corrected chi connectivity index (χ0v) is 5.04. The standard InChI is InChI=1S/C6H9N3/c1-6(5-7)3-2-4-9-8/h2-5,7H,1,8H2/b3-2-,7-5?,9-4-. The molecule has 0 fully saturated rings.